The second-order valence-electron chi connectivity index (χ2n) is 5.50. The van der Waals surface area contributed by atoms with Crippen LogP contribution in [0.4, 0.5) is 5.82 Å². The van der Waals surface area contributed by atoms with E-state index in [0.717, 1.165) is 25.5 Å². The molecule has 0 spiro atoms. The number of rotatable bonds is 8. The lowest BCUT2D eigenvalue weighted by Gasteiger charge is -2.24. The number of hydrogen-bond acceptors (Lipinski definition) is 6. The van der Waals surface area contributed by atoms with Crippen LogP contribution in [0.25, 0.3) is 0 Å². The first-order valence-corrected chi connectivity index (χ1v) is 8.73. The number of nitrogens with zero attached hydrogens (tertiary/aromatic N) is 3. The summed E-state index contributed by atoms with van der Waals surface area (Å²) in [6, 6.07) is 10.3. The number of hydrogen-bond donors (Lipinski definition) is 2. The van der Waals surface area contributed by atoms with E-state index in [-0.39, 0.29) is 0 Å². The highest BCUT2D eigenvalue weighted by Crippen LogP contribution is 2.17. The van der Waals surface area contributed by atoms with Gasteiger partial charge in [-0.05, 0) is 37.7 Å². The number of anilines is 1. The van der Waals surface area contributed by atoms with Crippen molar-refractivity contribution >= 4 is 29.1 Å². The summed E-state index contributed by atoms with van der Waals surface area (Å²) in [6.45, 7) is 2.95. The number of carbonyl (C=O) groups is 2. The Bertz CT molecular complexity index is 672. The van der Waals surface area contributed by atoms with Gasteiger partial charge in [-0.1, -0.05) is 12.1 Å². The van der Waals surface area contributed by atoms with Gasteiger partial charge in [0.1, 0.15) is 5.82 Å². The molecule has 2 rings (SSSR count). The van der Waals surface area contributed by atoms with Crippen LogP contribution in [0.3, 0.4) is 0 Å². The highest BCUT2D eigenvalue weighted by molar-refractivity contribution is 7.09. The average Bonchev–Trinajstić information content (AvgIpc) is 3.11. The normalized spacial score (nSPS) is 10.4. The standard InChI is InChI=1S/C14H19N3S.C4H4O4/c1-16(2)9-10-17(12-13-6-5-11-18-13)14-7-3-4-8-15-14;5-3(6)1-2-4(7)8/h3-8,11H,9-10,12H2,1-2H3;1-2H,(H,5,6)(H,7,8). The van der Waals surface area contributed by atoms with Gasteiger partial charge in [-0.2, -0.15) is 0 Å². The summed E-state index contributed by atoms with van der Waals surface area (Å²) in [5.41, 5.74) is 0. The number of thiophene rings is 1. The molecule has 0 aliphatic heterocycles. The van der Waals surface area contributed by atoms with Crippen molar-refractivity contribution in [2.45, 2.75) is 6.54 Å². The molecule has 0 saturated heterocycles. The highest BCUT2D eigenvalue weighted by Gasteiger charge is 2.09. The quantitative estimate of drug-likeness (QED) is 0.682. The fourth-order valence-corrected chi connectivity index (χ4v) is 2.59. The Balaban J connectivity index is 0.000000359. The summed E-state index contributed by atoms with van der Waals surface area (Å²) in [4.78, 5) is 29.5. The predicted octanol–water partition coefficient (Wildman–Crippen LogP) is 2.42. The van der Waals surface area contributed by atoms with Gasteiger partial charge < -0.3 is 20.0 Å². The Morgan fingerprint density at radius 2 is 1.77 bits per heavy atom. The molecule has 0 fully saturated rings. The van der Waals surface area contributed by atoms with Crippen LogP contribution in [0, 0.1) is 0 Å². The number of carboxylic acids is 2. The topological polar surface area (TPSA) is 94.0 Å². The Kier molecular flexibility index (Phi) is 9.66. The molecule has 7 nitrogen and oxygen atoms in total. The van der Waals surface area contributed by atoms with Gasteiger partial charge >= 0.3 is 11.9 Å². The first-order valence-electron chi connectivity index (χ1n) is 7.85. The minimum Gasteiger partial charge on any atom is -0.478 e. The summed E-state index contributed by atoms with van der Waals surface area (Å²) >= 11 is 1.80. The van der Waals surface area contributed by atoms with Crippen LogP contribution in [-0.4, -0.2) is 59.2 Å². The van der Waals surface area contributed by atoms with E-state index in [1.54, 1.807) is 11.3 Å². The monoisotopic (exact) mass is 377 g/mol. The van der Waals surface area contributed by atoms with E-state index < -0.39 is 11.9 Å². The van der Waals surface area contributed by atoms with E-state index in [9.17, 15) is 9.59 Å². The van der Waals surface area contributed by atoms with Crippen molar-refractivity contribution in [2.24, 2.45) is 0 Å². The molecule has 0 atom stereocenters. The molecule has 2 aromatic heterocycles. The minimum atomic E-state index is -1.26. The van der Waals surface area contributed by atoms with Crippen LogP contribution < -0.4 is 4.90 Å². The van der Waals surface area contributed by atoms with Gasteiger partial charge in [-0.3, -0.25) is 0 Å². The van der Waals surface area contributed by atoms with Gasteiger partial charge in [0.25, 0.3) is 0 Å². The van der Waals surface area contributed by atoms with Gasteiger partial charge in [-0.15, -0.1) is 11.3 Å². The molecule has 140 valence electrons. The molecular formula is C18H23N3O4S. The average molecular weight is 377 g/mol. The Morgan fingerprint density at radius 3 is 2.23 bits per heavy atom. The van der Waals surface area contributed by atoms with Crippen molar-refractivity contribution in [1.82, 2.24) is 9.88 Å². The summed E-state index contributed by atoms with van der Waals surface area (Å²) in [6.07, 6.45) is 2.97. The first-order chi connectivity index (χ1) is 12.4. The van der Waals surface area contributed by atoms with Crippen LogP contribution in [-0.2, 0) is 16.1 Å². The zero-order valence-corrected chi connectivity index (χ0v) is 15.6. The van der Waals surface area contributed by atoms with Crippen LogP contribution >= 0.6 is 11.3 Å². The third-order valence-electron chi connectivity index (χ3n) is 3.09. The van der Waals surface area contributed by atoms with Crippen molar-refractivity contribution in [3.05, 3.63) is 58.9 Å². The Morgan fingerprint density at radius 1 is 1.08 bits per heavy atom. The summed E-state index contributed by atoms with van der Waals surface area (Å²) in [5.74, 6) is -1.47. The fourth-order valence-electron chi connectivity index (χ4n) is 1.87. The summed E-state index contributed by atoms with van der Waals surface area (Å²) in [7, 11) is 4.20. The highest BCUT2D eigenvalue weighted by atomic mass is 32.1. The molecule has 0 unspecified atom stereocenters. The van der Waals surface area contributed by atoms with Crippen LogP contribution in [0.5, 0.6) is 0 Å². The molecule has 0 bridgehead atoms. The number of likely N-dealkylation sites (N-methyl/N-ethyl adjacent to an activating group) is 1. The van der Waals surface area contributed by atoms with Crippen LogP contribution in [0.2, 0.25) is 0 Å². The number of aliphatic carboxylic acids is 2. The summed E-state index contributed by atoms with van der Waals surface area (Å²) < 4.78 is 0. The molecule has 0 aliphatic rings. The van der Waals surface area contributed by atoms with E-state index in [0.29, 0.717) is 12.2 Å². The summed E-state index contributed by atoms with van der Waals surface area (Å²) in [5, 5.41) is 17.7. The third-order valence-corrected chi connectivity index (χ3v) is 3.95. The largest absolute Gasteiger partial charge is 0.478 e. The molecule has 0 aromatic carbocycles. The molecule has 0 aliphatic carbocycles. The Hall–Kier alpha value is -2.71. The molecule has 2 heterocycles. The number of pyridine rings is 1. The van der Waals surface area contributed by atoms with Gasteiger partial charge in [-0.25, -0.2) is 14.6 Å². The zero-order valence-electron chi connectivity index (χ0n) is 14.8. The van der Waals surface area contributed by atoms with Gasteiger partial charge in [0, 0.05) is 36.3 Å². The van der Waals surface area contributed by atoms with Gasteiger partial charge in [0.05, 0.1) is 6.54 Å². The minimum absolute atomic E-state index is 0.558. The molecule has 2 N–H and O–H groups in total. The van der Waals surface area contributed by atoms with Gasteiger partial charge in [0.2, 0.25) is 0 Å². The lowest BCUT2D eigenvalue weighted by Crippen LogP contribution is -2.31. The zero-order chi connectivity index (χ0) is 19.4. The van der Waals surface area contributed by atoms with E-state index in [2.05, 4.69) is 52.5 Å². The van der Waals surface area contributed by atoms with Crippen LogP contribution in [0.15, 0.2) is 54.1 Å². The lowest BCUT2D eigenvalue weighted by atomic mass is 10.3. The predicted molar refractivity (Wildman–Crippen MR) is 103 cm³/mol. The second-order valence-corrected chi connectivity index (χ2v) is 6.53. The second kappa shape index (κ2) is 11.8. The Labute approximate surface area is 156 Å². The maximum Gasteiger partial charge on any atom is 0.328 e. The van der Waals surface area contributed by atoms with Crippen molar-refractivity contribution in [3.63, 3.8) is 0 Å². The molecule has 26 heavy (non-hydrogen) atoms. The smallest absolute Gasteiger partial charge is 0.328 e. The molecular weight excluding hydrogens is 354 g/mol. The SMILES string of the molecule is CN(C)CCN(Cc1cccs1)c1ccccn1.O=C(O)C=CC(=O)O. The van der Waals surface area contributed by atoms with E-state index in [1.165, 1.54) is 4.88 Å². The van der Waals surface area contributed by atoms with E-state index >= 15 is 0 Å². The van der Waals surface area contributed by atoms with Crippen molar-refractivity contribution in [1.29, 1.82) is 0 Å². The van der Waals surface area contributed by atoms with Crippen LogP contribution in [0.1, 0.15) is 4.88 Å². The van der Waals surface area contributed by atoms with E-state index in [4.69, 9.17) is 10.2 Å². The van der Waals surface area contributed by atoms with Crippen molar-refractivity contribution in [2.75, 3.05) is 32.1 Å². The van der Waals surface area contributed by atoms with Gasteiger partial charge in [0.15, 0.2) is 0 Å². The first kappa shape index (κ1) is 21.3. The molecule has 8 heteroatoms. The lowest BCUT2D eigenvalue weighted by molar-refractivity contribution is -0.134. The molecule has 2 aromatic rings. The maximum absolute atomic E-state index is 9.55. The van der Waals surface area contributed by atoms with E-state index in [1.807, 2.05) is 18.3 Å². The molecule has 0 radical (unpaired) electrons. The fraction of sp³-hybridized carbons (Fsp3) is 0.278. The third kappa shape index (κ3) is 9.55. The molecule has 0 saturated carbocycles. The van der Waals surface area contributed by atoms with Crippen molar-refractivity contribution in [3.8, 4) is 0 Å². The number of carboxylic acid groups (broad SMARTS) is 2. The maximum atomic E-state index is 9.55. The molecule has 0 amide bonds. The van der Waals surface area contributed by atoms with Crippen molar-refractivity contribution < 1.29 is 19.8 Å². The number of aromatic nitrogens is 1.